The molecule has 2 aromatic carbocycles. The van der Waals surface area contributed by atoms with Crippen LogP contribution in [0.25, 0.3) is 0 Å². The van der Waals surface area contributed by atoms with E-state index in [0.29, 0.717) is 44.0 Å². The molecular weight excluding hydrogens is 483 g/mol. The molecule has 1 saturated heterocycles. The molecule has 1 aromatic heterocycles. The van der Waals surface area contributed by atoms with Gasteiger partial charge in [0.25, 0.3) is 5.91 Å². The molecule has 2 heterocycles. The topological polar surface area (TPSA) is 67.7 Å². The van der Waals surface area contributed by atoms with Crippen molar-refractivity contribution in [2.45, 2.75) is 58.7 Å². The van der Waals surface area contributed by atoms with Crippen LogP contribution in [0, 0.1) is 11.7 Å². The number of carbonyl (C=O) groups is 2. The molecule has 0 spiro atoms. The number of piperidine rings is 1. The maximum absolute atomic E-state index is 13.6. The van der Waals surface area contributed by atoms with Crippen molar-refractivity contribution in [3.05, 3.63) is 83.4 Å². The summed E-state index contributed by atoms with van der Waals surface area (Å²) >= 11 is 0. The Hall–Kier alpha value is -3.68. The Kier molecular flexibility index (Phi) is 8.81. The van der Waals surface area contributed by atoms with Gasteiger partial charge in [-0.2, -0.15) is 5.10 Å². The number of aryl methyl sites for hydroxylation is 1. The van der Waals surface area contributed by atoms with E-state index in [9.17, 15) is 14.0 Å². The first-order chi connectivity index (χ1) is 18.2. The lowest BCUT2D eigenvalue weighted by Gasteiger charge is -2.38. The summed E-state index contributed by atoms with van der Waals surface area (Å²) in [5.74, 6) is 0.126. The van der Waals surface area contributed by atoms with Gasteiger partial charge in [-0.1, -0.05) is 44.2 Å². The third-order valence-corrected chi connectivity index (χ3v) is 7.09. The van der Waals surface area contributed by atoms with Crippen molar-refractivity contribution in [3.63, 3.8) is 0 Å². The smallest absolute Gasteiger partial charge is 0.272 e. The van der Waals surface area contributed by atoms with Crippen molar-refractivity contribution < 1.29 is 18.7 Å². The highest BCUT2D eigenvalue weighted by atomic mass is 19.1. The summed E-state index contributed by atoms with van der Waals surface area (Å²) in [5.41, 5.74) is 2.51. The van der Waals surface area contributed by atoms with E-state index in [-0.39, 0.29) is 42.0 Å². The number of nitrogens with zero attached hydrogens (tertiary/aromatic N) is 4. The molecule has 1 fully saturated rings. The molecule has 7 nitrogen and oxygen atoms in total. The van der Waals surface area contributed by atoms with E-state index in [2.05, 4.69) is 18.9 Å². The molecule has 1 aliphatic heterocycles. The first-order valence-electron chi connectivity index (χ1n) is 13.3. The Balaban J connectivity index is 1.52. The van der Waals surface area contributed by atoms with Gasteiger partial charge in [-0.05, 0) is 48.7 Å². The van der Waals surface area contributed by atoms with Gasteiger partial charge < -0.3 is 14.5 Å². The van der Waals surface area contributed by atoms with Gasteiger partial charge in [0, 0.05) is 52.0 Å². The van der Waals surface area contributed by atoms with Crippen LogP contribution < -0.4 is 4.74 Å². The number of rotatable bonds is 9. The molecule has 38 heavy (non-hydrogen) atoms. The number of halogens is 1. The van der Waals surface area contributed by atoms with Crippen molar-refractivity contribution in [2.24, 2.45) is 5.92 Å². The molecule has 0 radical (unpaired) electrons. The van der Waals surface area contributed by atoms with E-state index in [1.807, 2.05) is 48.2 Å². The van der Waals surface area contributed by atoms with Crippen LogP contribution in [-0.2, 0) is 17.9 Å². The molecule has 1 aliphatic rings. The minimum atomic E-state index is -0.333. The van der Waals surface area contributed by atoms with Crippen LogP contribution in [0.4, 0.5) is 4.39 Å². The van der Waals surface area contributed by atoms with E-state index in [4.69, 9.17) is 4.74 Å². The molecule has 0 bridgehead atoms. The van der Waals surface area contributed by atoms with Crippen LogP contribution in [-0.4, -0.2) is 57.6 Å². The zero-order chi connectivity index (χ0) is 27.2. The lowest BCUT2D eigenvalue weighted by Crippen LogP contribution is -2.49. The third kappa shape index (κ3) is 6.60. The van der Waals surface area contributed by atoms with Crippen LogP contribution in [0.5, 0.6) is 5.75 Å². The van der Waals surface area contributed by atoms with E-state index < -0.39 is 0 Å². The number of hydrogen-bond donors (Lipinski definition) is 0. The first-order valence-corrected chi connectivity index (χ1v) is 13.3. The SMILES string of the molecule is CCn1nc(C(C)C)cc1C(=O)N1CC[C@H](Oc2ccc(F)cc2)[C@@H](CC(=O)N(C)Cc2ccccc2)C1. The predicted molar refractivity (Wildman–Crippen MR) is 144 cm³/mol. The highest BCUT2D eigenvalue weighted by molar-refractivity contribution is 5.93. The van der Waals surface area contributed by atoms with Crippen molar-refractivity contribution in [3.8, 4) is 5.75 Å². The zero-order valence-electron chi connectivity index (χ0n) is 22.6. The van der Waals surface area contributed by atoms with Gasteiger partial charge in [-0.25, -0.2) is 4.39 Å². The molecule has 2 atom stereocenters. The second-order valence-corrected chi connectivity index (χ2v) is 10.3. The summed E-state index contributed by atoms with van der Waals surface area (Å²) in [4.78, 5) is 30.4. The summed E-state index contributed by atoms with van der Waals surface area (Å²) < 4.78 is 21.4. The fraction of sp³-hybridized carbons (Fsp3) is 0.433. The average Bonchev–Trinajstić information content (AvgIpc) is 3.36. The Morgan fingerprint density at radius 2 is 1.84 bits per heavy atom. The third-order valence-electron chi connectivity index (χ3n) is 7.09. The number of likely N-dealkylation sites (tertiary alicyclic amines) is 1. The Bertz CT molecular complexity index is 1230. The first kappa shape index (κ1) is 27.4. The number of benzene rings is 2. The molecule has 202 valence electrons. The van der Waals surface area contributed by atoms with Crippen LogP contribution in [0.15, 0.2) is 60.7 Å². The molecule has 0 unspecified atom stereocenters. The largest absolute Gasteiger partial charge is 0.490 e. The van der Waals surface area contributed by atoms with Crippen LogP contribution in [0.2, 0.25) is 0 Å². The number of aromatic nitrogens is 2. The van der Waals surface area contributed by atoms with E-state index >= 15 is 0 Å². The lowest BCUT2D eigenvalue weighted by molar-refractivity contribution is -0.133. The van der Waals surface area contributed by atoms with Crippen LogP contribution >= 0.6 is 0 Å². The molecular formula is C30H37FN4O3. The van der Waals surface area contributed by atoms with E-state index in [0.717, 1.165) is 11.3 Å². The van der Waals surface area contributed by atoms with Gasteiger partial charge in [0.05, 0.1) is 5.69 Å². The second-order valence-electron chi connectivity index (χ2n) is 10.3. The molecule has 4 rings (SSSR count). The molecule has 0 aliphatic carbocycles. The van der Waals surface area contributed by atoms with Gasteiger partial charge in [0.15, 0.2) is 0 Å². The number of amides is 2. The van der Waals surface area contributed by atoms with E-state index in [1.165, 1.54) is 12.1 Å². The predicted octanol–water partition coefficient (Wildman–Crippen LogP) is 5.12. The normalized spacial score (nSPS) is 17.5. The van der Waals surface area contributed by atoms with Gasteiger partial charge in [0.2, 0.25) is 5.91 Å². The highest BCUT2D eigenvalue weighted by Gasteiger charge is 2.36. The summed E-state index contributed by atoms with van der Waals surface area (Å²) in [5, 5.41) is 4.61. The Morgan fingerprint density at radius 3 is 2.50 bits per heavy atom. The quantitative estimate of drug-likeness (QED) is 0.393. The number of hydrogen-bond acceptors (Lipinski definition) is 4. The summed E-state index contributed by atoms with van der Waals surface area (Å²) in [7, 11) is 1.80. The standard InChI is InChI=1S/C30H37FN4O3/c1-5-35-27(18-26(32-35)21(2)3)30(37)34-16-15-28(38-25-13-11-24(31)12-14-25)23(20-34)17-29(36)33(4)19-22-9-7-6-8-10-22/h6-14,18,21,23,28H,5,15-17,19-20H2,1-4H3/t23-,28-/m0/s1. The fourth-order valence-corrected chi connectivity index (χ4v) is 4.85. The summed E-state index contributed by atoms with van der Waals surface area (Å²) in [6, 6.07) is 17.6. The van der Waals surface area contributed by atoms with Gasteiger partial charge in [0.1, 0.15) is 23.4 Å². The summed E-state index contributed by atoms with van der Waals surface area (Å²) in [6.45, 7) is 8.09. The summed E-state index contributed by atoms with van der Waals surface area (Å²) in [6.07, 6.45) is 0.533. The number of ether oxygens (including phenoxy) is 1. The van der Waals surface area contributed by atoms with Gasteiger partial charge >= 0.3 is 0 Å². The molecule has 0 N–H and O–H groups in total. The average molecular weight is 521 g/mol. The molecule has 8 heteroatoms. The Labute approximate surface area is 224 Å². The van der Waals surface area contributed by atoms with Gasteiger partial charge in [-0.3, -0.25) is 14.3 Å². The molecule has 0 saturated carbocycles. The monoisotopic (exact) mass is 520 g/mol. The van der Waals surface area contributed by atoms with E-state index in [1.54, 1.807) is 28.8 Å². The minimum absolute atomic E-state index is 0.0125. The molecule has 2 amide bonds. The van der Waals surface area contributed by atoms with Crippen LogP contribution in [0.3, 0.4) is 0 Å². The number of carbonyl (C=O) groups excluding carboxylic acids is 2. The van der Waals surface area contributed by atoms with Gasteiger partial charge in [-0.15, -0.1) is 0 Å². The zero-order valence-corrected chi connectivity index (χ0v) is 22.6. The maximum atomic E-state index is 13.6. The molecule has 3 aromatic rings. The van der Waals surface area contributed by atoms with Crippen molar-refractivity contribution >= 4 is 11.8 Å². The lowest BCUT2D eigenvalue weighted by atomic mass is 9.90. The van der Waals surface area contributed by atoms with Crippen LogP contribution in [0.1, 0.15) is 61.3 Å². The Morgan fingerprint density at radius 1 is 1.13 bits per heavy atom. The van der Waals surface area contributed by atoms with Crippen molar-refractivity contribution in [1.82, 2.24) is 19.6 Å². The minimum Gasteiger partial charge on any atom is -0.490 e. The van der Waals surface area contributed by atoms with Crippen molar-refractivity contribution in [1.29, 1.82) is 0 Å². The fourth-order valence-electron chi connectivity index (χ4n) is 4.85. The maximum Gasteiger partial charge on any atom is 0.272 e. The highest BCUT2D eigenvalue weighted by Crippen LogP contribution is 2.28. The second kappa shape index (κ2) is 12.2. The van der Waals surface area contributed by atoms with Crippen molar-refractivity contribution in [2.75, 3.05) is 20.1 Å².